The first-order valence-electron chi connectivity index (χ1n) is 5.90. The van der Waals surface area contributed by atoms with Crippen LogP contribution in [0.2, 0.25) is 0 Å². The van der Waals surface area contributed by atoms with Crippen molar-refractivity contribution in [2.75, 3.05) is 18.9 Å². The fraction of sp³-hybridized carbons (Fsp3) is 0.333. The van der Waals surface area contributed by atoms with Crippen LogP contribution in [0.5, 0.6) is 0 Å². The molecule has 2 rings (SSSR count). The molecule has 21 heavy (non-hydrogen) atoms. The van der Waals surface area contributed by atoms with E-state index in [9.17, 15) is 18.0 Å². The fourth-order valence-electron chi connectivity index (χ4n) is 1.40. The van der Waals surface area contributed by atoms with Crippen molar-refractivity contribution >= 4 is 39.4 Å². The molecule has 0 fully saturated rings. The monoisotopic (exact) mass is 336 g/mol. The third-order valence-corrected chi connectivity index (χ3v) is 4.42. The van der Waals surface area contributed by atoms with E-state index in [0.29, 0.717) is 5.75 Å². The summed E-state index contributed by atoms with van der Waals surface area (Å²) in [5.41, 5.74) is 0.905. The van der Waals surface area contributed by atoms with E-state index >= 15 is 0 Å². The van der Waals surface area contributed by atoms with Crippen molar-refractivity contribution < 1.29 is 22.7 Å². The molecule has 0 spiro atoms. The molecule has 0 bridgehead atoms. The van der Waals surface area contributed by atoms with Gasteiger partial charge in [-0.2, -0.15) is 13.2 Å². The van der Waals surface area contributed by atoms with Crippen molar-refractivity contribution in [3.63, 3.8) is 0 Å². The maximum Gasteiger partial charge on any atom is 0.422 e. The Labute approximate surface area is 126 Å². The summed E-state index contributed by atoms with van der Waals surface area (Å²) in [6.07, 6.45) is -5.58. The molecule has 1 heterocycles. The minimum atomic E-state index is -4.51. The largest absolute Gasteiger partial charge is 0.440 e. The third kappa shape index (κ3) is 5.43. The molecule has 0 aliphatic heterocycles. The van der Waals surface area contributed by atoms with Gasteiger partial charge in [-0.05, 0) is 12.1 Å². The van der Waals surface area contributed by atoms with Crippen LogP contribution >= 0.6 is 23.1 Å². The summed E-state index contributed by atoms with van der Waals surface area (Å²) in [7, 11) is 0. The number of alkyl halides is 3. The Morgan fingerprint density at radius 1 is 1.38 bits per heavy atom. The maximum atomic E-state index is 11.8. The fourth-order valence-corrected chi connectivity index (χ4v) is 3.40. The summed E-state index contributed by atoms with van der Waals surface area (Å²) in [5.74, 6) is 0.501. The molecule has 0 aliphatic rings. The molecule has 1 aromatic heterocycles. The van der Waals surface area contributed by atoms with Crippen LogP contribution in [0, 0.1) is 0 Å². The topological polar surface area (TPSA) is 51.2 Å². The molecule has 1 aromatic carbocycles. The predicted molar refractivity (Wildman–Crippen MR) is 75.7 cm³/mol. The normalized spacial score (nSPS) is 11.6. The highest BCUT2D eigenvalue weighted by molar-refractivity contribution is 8.01. The molecule has 114 valence electrons. The number of para-hydroxylation sites is 1. The van der Waals surface area contributed by atoms with Gasteiger partial charge in [0.2, 0.25) is 0 Å². The van der Waals surface area contributed by atoms with E-state index in [4.69, 9.17) is 0 Å². The van der Waals surface area contributed by atoms with Crippen LogP contribution in [0.15, 0.2) is 28.6 Å². The first kappa shape index (κ1) is 15.9. The predicted octanol–water partition coefficient (Wildman–Crippen LogP) is 3.68. The van der Waals surface area contributed by atoms with E-state index in [2.05, 4.69) is 15.0 Å². The number of nitrogens with zero attached hydrogens (tertiary/aromatic N) is 1. The van der Waals surface area contributed by atoms with Crippen molar-refractivity contribution in [2.45, 2.75) is 10.5 Å². The third-order valence-electron chi connectivity index (χ3n) is 2.24. The van der Waals surface area contributed by atoms with Gasteiger partial charge in [0.15, 0.2) is 10.9 Å². The lowest BCUT2D eigenvalue weighted by atomic mass is 10.3. The molecular formula is C12H11F3N2O2S2. The molecule has 0 atom stereocenters. The van der Waals surface area contributed by atoms with Gasteiger partial charge in [0.05, 0.1) is 10.2 Å². The second kappa shape index (κ2) is 6.99. The number of fused-ring (bicyclic) bond motifs is 1. The van der Waals surface area contributed by atoms with Gasteiger partial charge >= 0.3 is 12.3 Å². The van der Waals surface area contributed by atoms with Gasteiger partial charge in [0.25, 0.3) is 0 Å². The summed E-state index contributed by atoms with van der Waals surface area (Å²) in [4.78, 5) is 15.4. The van der Waals surface area contributed by atoms with Gasteiger partial charge in [-0.1, -0.05) is 23.9 Å². The number of rotatable bonds is 5. The molecule has 1 amide bonds. The number of hydrogen-bond acceptors (Lipinski definition) is 5. The summed E-state index contributed by atoms with van der Waals surface area (Å²) in [6, 6.07) is 7.69. The lowest BCUT2D eigenvalue weighted by Crippen LogP contribution is -2.30. The molecule has 4 nitrogen and oxygen atoms in total. The Kier molecular flexibility index (Phi) is 5.29. The van der Waals surface area contributed by atoms with Crippen LogP contribution in [0.3, 0.4) is 0 Å². The lowest BCUT2D eigenvalue weighted by molar-refractivity contribution is -0.160. The van der Waals surface area contributed by atoms with Crippen LogP contribution in [-0.4, -0.2) is 36.2 Å². The highest BCUT2D eigenvalue weighted by Gasteiger charge is 2.29. The first-order chi connectivity index (χ1) is 9.94. The second-order valence-electron chi connectivity index (χ2n) is 3.91. The summed E-state index contributed by atoms with van der Waals surface area (Å²) >= 11 is 2.96. The molecule has 1 N–H and O–H groups in total. The zero-order valence-electron chi connectivity index (χ0n) is 10.6. The van der Waals surface area contributed by atoms with E-state index in [-0.39, 0.29) is 6.54 Å². The van der Waals surface area contributed by atoms with Crippen LogP contribution in [0.4, 0.5) is 18.0 Å². The molecule has 0 radical (unpaired) electrons. The van der Waals surface area contributed by atoms with E-state index in [0.717, 1.165) is 14.6 Å². The number of halogens is 3. The van der Waals surface area contributed by atoms with E-state index < -0.39 is 18.9 Å². The Hall–Kier alpha value is -1.48. The van der Waals surface area contributed by atoms with Gasteiger partial charge in [-0.15, -0.1) is 11.3 Å². The van der Waals surface area contributed by atoms with Crippen molar-refractivity contribution in [3.8, 4) is 0 Å². The van der Waals surface area contributed by atoms with Crippen molar-refractivity contribution in [3.05, 3.63) is 24.3 Å². The number of amides is 1. The van der Waals surface area contributed by atoms with E-state index in [1.165, 1.54) is 23.1 Å². The van der Waals surface area contributed by atoms with Gasteiger partial charge in [0, 0.05) is 12.3 Å². The standard InChI is InChI=1S/C12H11F3N2O2S2/c13-12(14,15)7-19-10(18)16-5-6-20-11-17-8-3-1-2-4-9(8)21-11/h1-4H,5-7H2,(H,16,18). The summed E-state index contributed by atoms with van der Waals surface area (Å²) < 4.78 is 41.4. The van der Waals surface area contributed by atoms with Crippen LogP contribution in [0.1, 0.15) is 0 Å². The molecule has 0 unspecified atom stereocenters. The Morgan fingerprint density at radius 2 is 2.14 bits per heavy atom. The minimum Gasteiger partial charge on any atom is -0.440 e. The molecule has 0 aliphatic carbocycles. The SMILES string of the molecule is O=C(NCCSc1nc2ccccc2s1)OCC(F)(F)F. The maximum absolute atomic E-state index is 11.8. The zero-order valence-corrected chi connectivity index (χ0v) is 12.3. The van der Waals surface area contributed by atoms with Crippen LogP contribution < -0.4 is 5.32 Å². The zero-order chi connectivity index (χ0) is 15.3. The summed E-state index contributed by atoms with van der Waals surface area (Å²) in [5, 5.41) is 2.25. The highest BCUT2D eigenvalue weighted by Crippen LogP contribution is 2.28. The molecule has 0 saturated carbocycles. The number of ether oxygens (including phenoxy) is 1. The molecule has 0 saturated heterocycles. The average molecular weight is 336 g/mol. The number of thiazole rings is 1. The number of thioether (sulfide) groups is 1. The average Bonchev–Trinajstić information content (AvgIpc) is 2.83. The van der Waals surface area contributed by atoms with Gasteiger partial charge < -0.3 is 10.1 Å². The summed E-state index contributed by atoms with van der Waals surface area (Å²) in [6.45, 7) is -1.37. The van der Waals surface area contributed by atoms with Gasteiger partial charge in [-0.3, -0.25) is 0 Å². The van der Waals surface area contributed by atoms with Crippen LogP contribution in [-0.2, 0) is 4.74 Å². The quantitative estimate of drug-likeness (QED) is 0.668. The Morgan fingerprint density at radius 3 is 2.86 bits per heavy atom. The van der Waals surface area contributed by atoms with E-state index in [1.54, 1.807) is 0 Å². The number of alkyl carbamates (subject to hydrolysis) is 1. The lowest BCUT2D eigenvalue weighted by Gasteiger charge is -2.08. The smallest absolute Gasteiger partial charge is 0.422 e. The number of hydrogen-bond donors (Lipinski definition) is 1. The second-order valence-corrected chi connectivity index (χ2v) is 6.29. The van der Waals surface area contributed by atoms with Crippen LogP contribution in [0.25, 0.3) is 10.2 Å². The van der Waals surface area contributed by atoms with Crippen molar-refractivity contribution in [1.82, 2.24) is 10.3 Å². The number of nitrogens with one attached hydrogen (secondary N) is 1. The number of carbonyl (C=O) groups is 1. The first-order valence-corrected chi connectivity index (χ1v) is 7.70. The number of aromatic nitrogens is 1. The Bertz CT molecular complexity index is 583. The van der Waals surface area contributed by atoms with Crippen molar-refractivity contribution in [1.29, 1.82) is 0 Å². The minimum absolute atomic E-state index is 0.206. The van der Waals surface area contributed by atoms with E-state index in [1.807, 2.05) is 24.3 Å². The highest BCUT2D eigenvalue weighted by atomic mass is 32.2. The van der Waals surface area contributed by atoms with Gasteiger partial charge in [-0.25, -0.2) is 9.78 Å². The molecule has 9 heteroatoms. The van der Waals surface area contributed by atoms with Gasteiger partial charge in [0.1, 0.15) is 0 Å². The number of carbonyl (C=O) groups excluding carboxylic acids is 1. The van der Waals surface area contributed by atoms with Crippen molar-refractivity contribution in [2.24, 2.45) is 0 Å². The molecular weight excluding hydrogens is 325 g/mol. The molecule has 2 aromatic rings. The number of benzene rings is 1. The Balaban J connectivity index is 1.68.